The minimum Gasteiger partial charge on any atom is -0.365 e. The number of halogens is 3. The lowest BCUT2D eigenvalue weighted by molar-refractivity contribution is -0.137. The van der Waals surface area contributed by atoms with Crippen LogP contribution in [0.25, 0.3) is 11.2 Å². The van der Waals surface area contributed by atoms with E-state index in [1.165, 1.54) is 31.4 Å². The lowest BCUT2D eigenvalue weighted by Gasteiger charge is -2.34. The smallest absolute Gasteiger partial charge is 0.365 e. The monoisotopic (exact) mass is 513 g/mol. The van der Waals surface area contributed by atoms with Gasteiger partial charge in [0.2, 0.25) is 5.95 Å². The molecule has 1 aliphatic heterocycles. The van der Waals surface area contributed by atoms with Crippen molar-refractivity contribution in [2.45, 2.75) is 84.1 Å². The van der Waals surface area contributed by atoms with Crippen molar-refractivity contribution in [3.8, 4) is 0 Å². The molecule has 2 aromatic heterocycles. The van der Waals surface area contributed by atoms with Crippen LogP contribution in [0.5, 0.6) is 0 Å². The molecule has 1 aliphatic carbocycles. The van der Waals surface area contributed by atoms with Crippen LogP contribution in [0.1, 0.15) is 76.2 Å². The first-order chi connectivity index (χ1) is 17.6. The number of nitrogens with zero attached hydrogens (tertiary/aromatic N) is 5. The second-order valence-electron chi connectivity index (χ2n) is 10.5. The number of hydrogen-bond donors (Lipinski definition) is 2. The molecular formula is C27H34F3N7. The molecule has 37 heavy (non-hydrogen) atoms. The maximum absolute atomic E-state index is 13.2. The van der Waals surface area contributed by atoms with Crippen LogP contribution >= 0.6 is 0 Å². The highest BCUT2D eigenvalue weighted by Crippen LogP contribution is 2.35. The fourth-order valence-electron chi connectivity index (χ4n) is 5.31. The number of imidazole rings is 1. The van der Waals surface area contributed by atoms with Crippen molar-refractivity contribution in [3.05, 3.63) is 41.2 Å². The van der Waals surface area contributed by atoms with E-state index in [9.17, 15) is 13.2 Å². The molecule has 2 N–H and O–H groups in total. The highest BCUT2D eigenvalue weighted by atomic mass is 19.4. The summed E-state index contributed by atoms with van der Waals surface area (Å²) in [6.45, 7) is 7.18. The van der Waals surface area contributed by atoms with Gasteiger partial charge in [-0.05, 0) is 76.5 Å². The molecule has 0 amide bonds. The summed E-state index contributed by atoms with van der Waals surface area (Å²) in [6.07, 6.45) is 2.43. The first-order valence-electron chi connectivity index (χ1n) is 13.1. The number of nitrogens with one attached hydrogen (secondary N) is 2. The lowest BCUT2D eigenvalue weighted by atomic mass is 9.80. The summed E-state index contributed by atoms with van der Waals surface area (Å²) in [5.74, 6) is 2.26. The molecule has 2 atom stereocenters. The molecule has 0 bridgehead atoms. The second-order valence-corrected chi connectivity index (χ2v) is 10.5. The van der Waals surface area contributed by atoms with E-state index < -0.39 is 11.7 Å². The van der Waals surface area contributed by atoms with E-state index in [0.29, 0.717) is 29.8 Å². The SMILES string of the molecule is CC(=N)c1nc(NC(C)C2CCC2)c2c(n1)nc(N1CCCCC1C)n2Cc1ccc(C(F)(F)F)cc1. The van der Waals surface area contributed by atoms with Gasteiger partial charge in [0.25, 0.3) is 0 Å². The Balaban J connectivity index is 1.64. The Morgan fingerprint density at radius 2 is 1.81 bits per heavy atom. The van der Waals surface area contributed by atoms with E-state index in [1.54, 1.807) is 6.92 Å². The molecule has 2 unspecified atom stereocenters. The summed E-state index contributed by atoms with van der Waals surface area (Å²) in [4.78, 5) is 16.6. The summed E-state index contributed by atoms with van der Waals surface area (Å²) in [5, 5.41) is 11.8. The van der Waals surface area contributed by atoms with Gasteiger partial charge in [-0.15, -0.1) is 0 Å². The predicted molar refractivity (Wildman–Crippen MR) is 139 cm³/mol. The van der Waals surface area contributed by atoms with Crippen LogP contribution in [-0.2, 0) is 12.7 Å². The summed E-state index contributed by atoms with van der Waals surface area (Å²) in [7, 11) is 0. The van der Waals surface area contributed by atoms with Gasteiger partial charge in [-0.1, -0.05) is 18.6 Å². The summed E-state index contributed by atoms with van der Waals surface area (Å²) in [5.41, 5.74) is 1.56. The molecule has 7 nitrogen and oxygen atoms in total. The molecule has 1 saturated carbocycles. The summed E-state index contributed by atoms with van der Waals surface area (Å²) in [6, 6.07) is 5.78. The van der Waals surface area contributed by atoms with Crippen LogP contribution in [0.4, 0.5) is 24.9 Å². The molecule has 2 fully saturated rings. The standard InChI is InChI=1S/C27H34F3N7/c1-16-7-4-5-14-36(16)26-35-25-22(37(26)15-19-10-12-21(13-11-19)27(28,29)30)24(33-23(34-25)17(2)31)32-18(3)20-8-6-9-20/h10-13,16,18,20,31H,4-9,14-15H2,1-3H3,(H,32,33,34). The van der Waals surface area contributed by atoms with Gasteiger partial charge in [-0.25, -0.2) is 9.97 Å². The van der Waals surface area contributed by atoms with Crippen LogP contribution in [0.2, 0.25) is 0 Å². The van der Waals surface area contributed by atoms with Crippen molar-refractivity contribution < 1.29 is 13.2 Å². The number of hydrogen-bond acceptors (Lipinski definition) is 6. The van der Waals surface area contributed by atoms with Gasteiger partial charge in [-0.2, -0.15) is 18.2 Å². The normalized spacial score (nSPS) is 19.6. The first kappa shape index (κ1) is 25.5. The Kier molecular flexibility index (Phi) is 6.85. The Morgan fingerprint density at radius 1 is 1.08 bits per heavy atom. The number of fused-ring (bicyclic) bond motifs is 1. The number of piperidine rings is 1. The van der Waals surface area contributed by atoms with E-state index in [0.717, 1.165) is 55.0 Å². The molecule has 10 heteroatoms. The largest absolute Gasteiger partial charge is 0.416 e. The Morgan fingerprint density at radius 3 is 2.41 bits per heavy atom. The number of aromatic nitrogens is 4. The highest BCUT2D eigenvalue weighted by molar-refractivity contribution is 5.96. The van der Waals surface area contributed by atoms with Gasteiger partial charge in [-0.3, -0.25) is 0 Å². The molecular weight excluding hydrogens is 479 g/mol. The van der Waals surface area contributed by atoms with Gasteiger partial charge in [0.05, 0.1) is 17.8 Å². The molecule has 3 heterocycles. The van der Waals surface area contributed by atoms with E-state index >= 15 is 0 Å². The molecule has 5 rings (SSSR count). The molecule has 0 spiro atoms. The Labute approximate surface area is 215 Å². The maximum Gasteiger partial charge on any atom is 0.416 e. The number of rotatable bonds is 7. The number of anilines is 2. The van der Waals surface area contributed by atoms with Crippen LogP contribution in [-0.4, -0.2) is 43.9 Å². The number of alkyl halides is 3. The molecule has 1 aromatic carbocycles. The van der Waals surface area contributed by atoms with Gasteiger partial charge in [0.1, 0.15) is 5.52 Å². The summed E-state index contributed by atoms with van der Waals surface area (Å²) >= 11 is 0. The Bertz CT molecular complexity index is 1280. The van der Waals surface area contributed by atoms with Crippen molar-refractivity contribution >= 4 is 28.6 Å². The molecule has 0 radical (unpaired) electrons. The highest BCUT2D eigenvalue weighted by Gasteiger charge is 2.31. The average Bonchev–Trinajstić information content (AvgIpc) is 3.16. The van der Waals surface area contributed by atoms with E-state index in [4.69, 9.17) is 15.4 Å². The van der Waals surface area contributed by atoms with Gasteiger partial charge < -0.3 is 20.2 Å². The van der Waals surface area contributed by atoms with Crippen LogP contribution < -0.4 is 10.2 Å². The Hall–Kier alpha value is -3.17. The van der Waals surface area contributed by atoms with E-state index in [1.807, 2.05) is 4.57 Å². The third-order valence-corrected chi connectivity index (χ3v) is 7.82. The molecule has 198 valence electrons. The minimum absolute atomic E-state index is 0.192. The molecule has 1 saturated heterocycles. The molecule has 2 aliphatic rings. The fraction of sp³-hybridized carbons (Fsp3) is 0.556. The van der Waals surface area contributed by atoms with Crippen molar-refractivity contribution in [2.75, 3.05) is 16.8 Å². The quantitative estimate of drug-likeness (QED) is 0.365. The lowest BCUT2D eigenvalue weighted by Crippen LogP contribution is -2.39. The van der Waals surface area contributed by atoms with Crippen LogP contribution in [0, 0.1) is 11.3 Å². The summed E-state index contributed by atoms with van der Waals surface area (Å²) < 4.78 is 41.5. The zero-order chi connectivity index (χ0) is 26.3. The van der Waals surface area contributed by atoms with Crippen LogP contribution in [0.15, 0.2) is 24.3 Å². The van der Waals surface area contributed by atoms with Crippen molar-refractivity contribution in [3.63, 3.8) is 0 Å². The molecule has 3 aromatic rings. The maximum atomic E-state index is 13.2. The fourth-order valence-corrected chi connectivity index (χ4v) is 5.31. The van der Waals surface area contributed by atoms with Crippen molar-refractivity contribution in [2.24, 2.45) is 5.92 Å². The van der Waals surface area contributed by atoms with Gasteiger partial charge in [0, 0.05) is 18.6 Å². The van der Waals surface area contributed by atoms with Crippen molar-refractivity contribution in [1.29, 1.82) is 5.41 Å². The van der Waals surface area contributed by atoms with Crippen molar-refractivity contribution in [1.82, 2.24) is 19.5 Å². The first-order valence-corrected chi connectivity index (χ1v) is 13.1. The third-order valence-electron chi connectivity index (χ3n) is 7.82. The number of benzene rings is 1. The van der Waals surface area contributed by atoms with Gasteiger partial charge in [0.15, 0.2) is 17.3 Å². The van der Waals surface area contributed by atoms with Gasteiger partial charge >= 0.3 is 6.18 Å². The van der Waals surface area contributed by atoms with Crippen LogP contribution in [0.3, 0.4) is 0 Å². The zero-order valence-corrected chi connectivity index (χ0v) is 21.6. The minimum atomic E-state index is -4.38. The topological polar surface area (TPSA) is 82.7 Å². The zero-order valence-electron chi connectivity index (χ0n) is 21.6. The average molecular weight is 514 g/mol. The predicted octanol–water partition coefficient (Wildman–Crippen LogP) is 6.26. The third kappa shape index (κ3) is 5.15. The van der Waals surface area contributed by atoms with E-state index in [-0.39, 0.29) is 17.8 Å². The second kappa shape index (κ2) is 9.95. The van der Waals surface area contributed by atoms with E-state index in [2.05, 4.69) is 29.0 Å².